The molecule has 1 aromatic carbocycles. The van der Waals surface area contributed by atoms with E-state index in [1.807, 2.05) is 12.1 Å². The molecule has 102 valence electrons. The van der Waals surface area contributed by atoms with Crippen LogP contribution >= 0.6 is 0 Å². The van der Waals surface area contributed by atoms with Gasteiger partial charge in [0.1, 0.15) is 0 Å². The molecule has 4 N–H and O–H groups in total. The first-order valence-electron chi connectivity index (χ1n) is 6.18. The zero-order valence-electron chi connectivity index (χ0n) is 10.6. The number of hydrogen-bond acceptors (Lipinski definition) is 3. The normalized spacial score (nSPS) is 21.1. The van der Waals surface area contributed by atoms with Crippen molar-refractivity contribution in [3.63, 3.8) is 0 Å². The summed E-state index contributed by atoms with van der Waals surface area (Å²) < 4.78 is 0. The Kier molecular flexibility index (Phi) is 3.57. The second-order valence-corrected chi connectivity index (χ2v) is 5.30. The zero-order valence-corrected chi connectivity index (χ0v) is 10.6. The molecule has 0 radical (unpaired) electrons. The maximum atomic E-state index is 10.9. The lowest BCUT2D eigenvalue weighted by molar-refractivity contribution is -0.139. The fraction of sp³-hybridized carbons (Fsp3) is 0.429. The van der Waals surface area contributed by atoms with E-state index < -0.39 is 17.4 Å². The van der Waals surface area contributed by atoms with Gasteiger partial charge in [0, 0.05) is 5.41 Å². The third kappa shape index (κ3) is 2.93. The number of rotatable bonds is 5. The minimum Gasteiger partial charge on any atom is -0.481 e. The minimum absolute atomic E-state index is 0.0121. The molecule has 0 saturated carbocycles. The molecule has 5 heteroatoms. The fourth-order valence-corrected chi connectivity index (χ4v) is 2.83. The van der Waals surface area contributed by atoms with Crippen molar-refractivity contribution in [3.8, 4) is 0 Å². The lowest BCUT2D eigenvalue weighted by atomic mass is 9.81. The van der Waals surface area contributed by atoms with Crippen LogP contribution in [-0.2, 0) is 28.9 Å². The maximum absolute atomic E-state index is 10.9. The smallest absolute Gasteiger partial charge is 0.307 e. The highest BCUT2D eigenvalue weighted by Crippen LogP contribution is 2.39. The summed E-state index contributed by atoms with van der Waals surface area (Å²) in [6, 6.07) is 5.55. The van der Waals surface area contributed by atoms with Gasteiger partial charge in [-0.1, -0.05) is 18.2 Å². The molecular weight excluding hydrogens is 246 g/mol. The SMILES string of the molecule is NCC1(CC(=O)O)Cc2ccc(CC(=O)O)cc2C1. The van der Waals surface area contributed by atoms with E-state index >= 15 is 0 Å². The summed E-state index contributed by atoms with van der Waals surface area (Å²) in [5.74, 6) is -1.71. The molecule has 1 aromatic rings. The van der Waals surface area contributed by atoms with Crippen LogP contribution in [0, 0.1) is 5.41 Å². The molecular formula is C14H17NO4. The van der Waals surface area contributed by atoms with E-state index in [-0.39, 0.29) is 12.8 Å². The quantitative estimate of drug-likeness (QED) is 0.730. The van der Waals surface area contributed by atoms with Crippen LogP contribution in [0.2, 0.25) is 0 Å². The second kappa shape index (κ2) is 5.01. The molecule has 0 bridgehead atoms. The van der Waals surface area contributed by atoms with Crippen molar-refractivity contribution in [1.29, 1.82) is 0 Å². The molecule has 0 saturated heterocycles. The Hall–Kier alpha value is -1.88. The summed E-state index contributed by atoms with van der Waals surface area (Å²) >= 11 is 0. The Labute approximate surface area is 111 Å². The standard InChI is InChI=1S/C14H17NO4/c15-8-14(7-13(18)19)5-10-2-1-9(4-12(16)17)3-11(10)6-14/h1-3H,4-8,15H2,(H,16,17)(H,18,19). The molecule has 19 heavy (non-hydrogen) atoms. The summed E-state index contributed by atoms with van der Waals surface area (Å²) in [4.78, 5) is 21.6. The number of carboxylic acids is 2. The Bertz CT molecular complexity index is 526. The molecule has 1 atom stereocenters. The van der Waals surface area contributed by atoms with Crippen molar-refractivity contribution in [2.75, 3.05) is 6.54 Å². The molecule has 2 rings (SSSR count). The number of benzene rings is 1. The average molecular weight is 263 g/mol. The molecule has 0 aliphatic heterocycles. The van der Waals surface area contributed by atoms with Crippen molar-refractivity contribution < 1.29 is 19.8 Å². The van der Waals surface area contributed by atoms with Crippen molar-refractivity contribution >= 4 is 11.9 Å². The molecule has 0 spiro atoms. The molecule has 1 aliphatic rings. The van der Waals surface area contributed by atoms with Crippen molar-refractivity contribution in [2.45, 2.75) is 25.7 Å². The van der Waals surface area contributed by atoms with E-state index in [1.54, 1.807) is 6.07 Å². The van der Waals surface area contributed by atoms with Crippen LogP contribution in [0.1, 0.15) is 23.1 Å². The molecule has 0 fully saturated rings. The average Bonchev–Trinajstić information content (AvgIpc) is 2.65. The van der Waals surface area contributed by atoms with Gasteiger partial charge in [-0.25, -0.2) is 0 Å². The first kappa shape index (κ1) is 13.5. The van der Waals surface area contributed by atoms with E-state index in [1.165, 1.54) is 0 Å². The lowest BCUT2D eigenvalue weighted by Gasteiger charge is -2.24. The van der Waals surface area contributed by atoms with Crippen LogP contribution < -0.4 is 5.73 Å². The van der Waals surface area contributed by atoms with E-state index in [9.17, 15) is 9.59 Å². The Morgan fingerprint density at radius 2 is 1.84 bits per heavy atom. The Balaban J connectivity index is 2.23. The van der Waals surface area contributed by atoms with Gasteiger partial charge >= 0.3 is 11.9 Å². The van der Waals surface area contributed by atoms with E-state index in [0.717, 1.165) is 16.7 Å². The highest BCUT2D eigenvalue weighted by atomic mass is 16.4. The van der Waals surface area contributed by atoms with Gasteiger partial charge in [0.05, 0.1) is 12.8 Å². The van der Waals surface area contributed by atoms with Crippen LogP contribution in [0.4, 0.5) is 0 Å². The largest absolute Gasteiger partial charge is 0.481 e. The molecule has 5 nitrogen and oxygen atoms in total. The Morgan fingerprint density at radius 3 is 2.42 bits per heavy atom. The second-order valence-electron chi connectivity index (χ2n) is 5.30. The van der Waals surface area contributed by atoms with Gasteiger partial charge in [-0.3, -0.25) is 9.59 Å². The van der Waals surface area contributed by atoms with Crippen molar-refractivity contribution in [3.05, 3.63) is 34.9 Å². The highest BCUT2D eigenvalue weighted by molar-refractivity contribution is 5.70. The monoisotopic (exact) mass is 263 g/mol. The number of nitrogens with two attached hydrogens (primary N) is 1. The van der Waals surface area contributed by atoms with Gasteiger partial charge in [-0.05, 0) is 36.1 Å². The Morgan fingerprint density at radius 1 is 1.16 bits per heavy atom. The highest BCUT2D eigenvalue weighted by Gasteiger charge is 2.38. The van der Waals surface area contributed by atoms with Crippen LogP contribution in [0.5, 0.6) is 0 Å². The molecule has 0 aromatic heterocycles. The summed E-state index contributed by atoms with van der Waals surface area (Å²) in [7, 11) is 0. The summed E-state index contributed by atoms with van der Waals surface area (Å²) in [5.41, 5.74) is 8.20. The predicted molar refractivity (Wildman–Crippen MR) is 68.9 cm³/mol. The third-order valence-electron chi connectivity index (χ3n) is 3.72. The molecule has 0 amide bonds. The topological polar surface area (TPSA) is 101 Å². The number of aliphatic carboxylic acids is 2. The lowest BCUT2D eigenvalue weighted by Crippen LogP contribution is -2.33. The van der Waals surface area contributed by atoms with Gasteiger partial charge in [-0.15, -0.1) is 0 Å². The third-order valence-corrected chi connectivity index (χ3v) is 3.72. The molecule has 1 aliphatic carbocycles. The van der Waals surface area contributed by atoms with E-state index in [4.69, 9.17) is 15.9 Å². The van der Waals surface area contributed by atoms with Crippen LogP contribution in [0.3, 0.4) is 0 Å². The fourth-order valence-electron chi connectivity index (χ4n) is 2.83. The van der Waals surface area contributed by atoms with Gasteiger partial charge in [0.25, 0.3) is 0 Å². The van der Waals surface area contributed by atoms with Crippen LogP contribution in [-0.4, -0.2) is 28.7 Å². The van der Waals surface area contributed by atoms with Crippen molar-refractivity contribution in [1.82, 2.24) is 0 Å². The van der Waals surface area contributed by atoms with Crippen molar-refractivity contribution in [2.24, 2.45) is 11.1 Å². The van der Waals surface area contributed by atoms with Crippen LogP contribution in [0.25, 0.3) is 0 Å². The number of carbonyl (C=O) groups is 2. The molecule has 0 heterocycles. The van der Waals surface area contributed by atoms with Gasteiger partial charge < -0.3 is 15.9 Å². The first-order valence-corrected chi connectivity index (χ1v) is 6.18. The maximum Gasteiger partial charge on any atom is 0.307 e. The van der Waals surface area contributed by atoms with Gasteiger partial charge in [0.2, 0.25) is 0 Å². The summed E-state index contributed by atoms with van der Waals surface area (Å²) in [6.45, 7) is 0.322. The van der Waals surface area contributed by atoms with Crippen LogP contribution in [0.15, 0.2) is 18.2 Å². The van der Waals surface area contributed by atoms with E-state index in [0.29, 0.717) is 19.4 Å². The number of fused-ring (bicyclic) bond motifs is 1. The zero-order chi connectivity index (χ0) is 14.0. The van der Waals surface area contributed by atoms with Gasteiger partial charge in [-0.2, -0.15) is 0 Å². The van der Waals surface area contributed by atoms with E-state index in [2.05, 4.69) is 0 Å². The predicted octanol–water partition coefficient (Wildman–Crippen LogP) is 0.832. The number of hydrogen-bond donors (Lipinski definition) is 3. The summed E-state index contributed by atoms with van der Waals surface area (Å²) in [5, 5.41) is 17.8. The first-order chi connectivity index (χ1) is 8.94. The minimum atomic E-state index is -0.867. The number of carboxylic acid groups (broad SMARTS) is 2. The molecule has 1 unspecified atom stereocenters. The summed E-state index contributed by atoms with van der Waals surface area (Å²) in [6.07, 6.45) is 1.30. The van der Waals surface area contributed by atoms with Gasteiger partial charge in [0.15, 0.2) is 0 Å².